The summed E-state index contributed by atoms with van der Waals surface area (Å²) < 4.78 is 5.21. The summed E-state index contributed by atoms with van der Waals surface area (Å²) in [6, 6.07) is 9.41. The number of halogens is 1. The highest BCUT2D eigenvalue weighted by molar-refractivity contribution is 7.59. The zero-order valence-electron chi connectivity index (χ0n) is 10.9. The normalized spacial score (nSPS) is 12.6. The molecule has 1 unspecified atom stereocenters. The van der Waals surface area contributed by atoms with Crippen LogP contribution in [-0.2, 0) is 16.1 Å². The highest BCUT2D eigenvalue weighted by Crippen LogP contribution is 2.07. The van der Waals surface area contributed by atoms with Crippen LogP contribution in [0.25, 0.3) is 0 Å². The maximum atomic E-state index is 11.6. The molecule has 18 heavy (non-hydrogen) atoms. The molecule has 104 valence electrons. The second kappa shape index (κ2) is 10.2. The third-order valence-electron chi connectivity index (χ3n) is 2.86. The average molecular weight is 292 g/mol. The van der Waals surface area contributed by atoms with Gasteiger partial charge < -0.3 is 22.9 Å². The van der Waals surface area contributed by atoms with Gasteiger partial charge >= 0.3 is 5.97 Å². The van der Waals surface area contributed by atoms with Crippen LogP contribution in [0.1, 0.15) is 25.8 Å². The van der Waals surface area contributed by atoms with Crippen molar-refractivity contribution in [3.8, 4) is 0 Å². The van der Waals surface area contributed by atoms with Gasteiger partial charge in [-0.3, -0.25) is 0 Å². The molecule has 1 aromatic carbocycles. The molecule has 0 fully saturated rings. The van der Waals surface area contributed by atoms with E-state index in [9.17, 15) is 4.79 Å². The summed E-state index contributed by atoms with van der Waals surface area (Å²) in [5.74, 6) is 0.0569. The molecule has 0 saturated carbocycles. The van der Waals surface area contributed by atoms with Crippen LogP contribution in [0.15, 0.2) is 30.3 Å². The Hall–Kier alpha value is -0.710. The van der Waals surface area contributed by atoms with E-state index in [1.165, 1.54) is 0 Å². The minimum Gasteiger partial charge on any atom is -1.00 e. The van der Waals surface area contributed by atoms with Gasteiger partial charge in [0.15, 0.2) is 6.04 Å². The van der Waals surface area contributed by atoms with Crippen molar-refractivity contribution in [3.63, 3.8) is 0 Å². The van der Waals surface area contributed by atoms with Crippen LogP contribution in [0.3, 0.4) is 0 Å². The second-order valence-corrected chi connectivity index (χ2v) is 4.09. The Labute approximate surface area is 122 Å². The van der Waals surface area contributed by atoms with Gasteiger partial charge in [-0.25, -0.2) is 4.79 Å². The highest BCUT2D eigenvalue weighted by atomic mass is 35.5. The second-order valence-electron chi connectivity index (χ2n) is 4.09. The van der Waals surface area contributed by atoms with E-state index in [0.29, 0.717) is 6.61 Å². The predicted molar refractivity (Wildman–Crippen MR) is 72.8 cm³/mol. The highest BCUT2D eigenvalue weighted by Gasteiger charge is 2.24. The standard InChI is InChI=1S/C13H19NO2.ClH.H2S/c1-3-10(2)12(14)13(15)16-9-11-7-5-4-6-8-11;;/h4-8,10,12H,3,9,14H2,1-2H3;1H;1H2/t10?,12-;;/m0../s1. The van der Waals surface area contributed by atoms with E-state index in [2.05, 4.69) is 5.73 Å². The van der Waals surface area contributed by atoms with E-state index in [0.717, 1.165) is 12.0 Å². The van der Waals surface area contributed by atoms with Crippen LogP contribution in [0, 0.1) is 5.92 Å². The zero-order chi connectivity index (χ0) is 12.0. The molecule has 2 atom stereocenters. The maximum absolute atomic E-state index is 11.6. The van der Waals surface area contributed by atoms with Crippen molar-refractivity contribution >= 4 is 19.5 Å². The summed E-state index contributed by atoms with van der Waals surface area (Å²) in [4.78, 5) is 11.6. The fraction of sp³-hybridized carbons (Fsp3) is 0.462. The maximum Gasteiger partial charge on any atom is 0.365 e. The van der Waals surface area contributed by atoms with Gasteiger partial charge in [0.2, 0.25) is 0 Å². The summed E-state index contributed by atoms with van der Waals surface area (Å²) in [7, 11) is 0. The fourth-order valence-electron chi connectivity index (χ4n) is 1.35. The first-order chi connectivity index (χ1) is 7.65. The van der Waals surface area contributed by atoms with Gasteiger partial charge in [-0.2, -0.15) is 13.5 Å². The van der Waals surface area contributed by atoms with Crippen LogP contribution >= 0.6 is 13.5 Å². The van der Waals surface area contributed by atoms with Gasteiger partial charge in [0.1, 0.15) is 6.61 Å². The largest absolute Gasteiger partial charge is 1.00 e. The van der Waals surface area contributed by atoms with E-state index in [1.807, 2.05) is 44.2 Å². The minimum absolute atomic E-state index is 0. The van der Waals surface area contributed by atoms with Gasteiger partial charge in [0.05, 0.1) is 0 Å². The topological polar surface area (TPSA) is 53.9 Å². The lowest BCUT2D eigenvalue weighted by molar-refractivity contribution is -0.420. The summed E-state index contributed by atoms with van der Waals surface area (Å²) in [5.41, 5.74) is 4.85. The molecule has 5 heteroatoms. The summed E-state index contributed by atoms with van der Waals surface area (Å²) in [6.07, 6.45) is 0.939. The van der Waals surface area contributed by atoms with Crippen LogP contribution in [0.2, 0.25) is 0 Å². The molecule has 1 aromatic rings. The van der Waals surface area contributed by atoms with Crippen LogP contribution in [0.5, 0.6) is 0 Å². The Morgan fingerprint density at radius 1 is 1.33 bits per heavy atom. The molecule has 1 rings (SSSR count). The van der Waals surface area contributed by atoms with Crippen LogP contribution < -0.4 is 18.1 Å². The first-order valence-corrected chi connectivity index (χ1v) is 5.68. The van der Waals surface area contributed by atoms with Crippen molar-refractivity contribution in [2.75, 3.05) is 0 Å². The fourth-order valence-corrected chi connectivity index (χ4v) is 1.35. The van der Waals surface area contributed by atoms with Crippen molar-refractivity contribution in [1.82, 2.24) is 0 Å². The Morgan fingerprint density at radius 3 is 2.39 bits per heavy atom. The molecule has 3 N–H and O–H groups in total. The zero-order valence-corrected chi connectivity index (χ0v) is 12.6. The monoisotopic (exact) mass is 291 g/mol. The molecule has 0 heterocycles. The molecule has 0 aliphatic rings. The lowest BCUT2D eigenvalue weighted by atomic mass is 10.0. The van der Waals surface area contributed by atoms with Crippen LogP contribution in [-0.4, -0.2) is 12.0 Å². The number of carbonyl (C=O) groups is 1. The van der Waals surface area contributed by atoms with Crippen LogP contribution in [0.4, 0.5) is 0 Å². The lowest BCUT2D eigenvalue weighted by Gasteiger charge is -2.13. The molecule has 0 spiro atoms. The van der Waals surface area contributed by atoms with Gasteiger partial charge in [0, 0.05) is 5.92 Å². The number of hydrogen-bond donors (Lipinski definition) is 1. The van der Waals surface area contributed by atoms with Gasteiger partial charge in [0.25, 0.3) is 0 Å². The van der Waals surface area contributed by atoms with Crippen molar-refractivity contribution in [2.24, 2.45) is 5.92 Å². The smallest absolute Gasteiger partial charge is 0.365 e. The van der Waals surface area contributed by atoms with Gasteiger partial charge in [-0.05, 0) is 12.0 Å². The molecule has 0 saturated heterocycles. The number of benzene rings is 1. The van der Waals surface area contributed by atoms with E-state index in [-0.39, 0.29) is 43.8 Å². The van der Waals surface area contributed by atoms with Crippen molar-refractivity contribution < 1.29 is 27.7 Å². The molecule has 0 radical (unpaired) electrons. The number of ether oxygens (including phenoxy) is 1. The summed E-state index contributed by atoms with van der Waals surface area (Å²) >= 11 is 0. The molecule has 0 aliphatic carbocycles. The molecule has 0 bridgehead atoms. The summed E-state index contributed by atoms with van der Waals surface area (Å²) in [5, 5.41) is 0. The number of quaternary nitrogens is 1. The molecular formula is C13H22ClNO2S. The van der Waals surface area contributed by atoms with E-state index in [1.54, 1.807) is 0 Å². The molecule has 0 aliphatic heterocycles. The minimum atomic E-state index is -0.270. The van der Waals surface area contributed by atoms with E-state index >= 15 is 0 Å². The number of esters is 1. The SMILES string of the molecule is CCC(C)[C@H]([NH3+])C(=O)OCc1ccccc1.S.[Cl-]. The molecule has 0 amide bonds. The number of carbonyl (C=O) groups excluding carboxylic acids is 1. The Bertz CT molecular complexity index is 335. The predicted octanol–water partition coefficient (Wildman–Crippen LogP) is -1.50. The quantitative estimate of drug-likeness (QED) is 0.672. The molecular weight excluding hydrogens is 270 g/mol. The van der Waals surface area contributed by atoms with Crippen molar-refractivity contribution in [1.29, 1.82) is 0 Å². The average Bonchev–Trinajstić information content (AvgIpc) is 2.35. The molecule has 0 aromatic heterocycles. The Balaban J connectivity index is 0. The lowest BCUT2D eigenvalue weighted by Crippen LogP contribution is -3.00. The van der Waals surface area contributed by atoms with Gasteiger partial charge in [-0.1, -0.05) is 44.2 Å². The first kappa shape index (κ1) is 19.6. The van der Waals surface area contributed by atoms with E-state index in [4.69, 9.17) is 4.74 Å². The van der Waals surface area contributed by atoms with Crippen molar-refractivity contribution in [3.05, 3.63) is 35.9 Å². The Kier molecular flexibility index (Phi) is 11.2. The van der Waals surface area contributed by atoms with Crippen molar-refractivity contribution in [2.45, 2.75) is 32.9 Å². The first-order valence-electron chi connectivity index (χ1n) is 5.68. The van der Waals surface area contributed by atoms with E-state index < -0.39 is 0 Å². The Morgan fingerprint density at radius 2 is 1.89 bits per heavy atom. The van der Waals surface area contributed by atoms with Gasteiger partial charge in [-0.15, -0.1) is 0 Å². The molecule has 3 nitrogen and oxygen atoms in total. The summed E-state index contributed by atoms with van der Waals surface area (Å²) in [6.45, 7) is 4.40. The number of hydrogen-bond acceptors (Lipinski definition) is 2. The third kappa shape index (κ3) is 6.28. The third-order valence-corrected chi connectivity index (χ3v) is 2.86. The number of rotatable bonds is 5.